The summed E-state index contributed by atoms with van der Waals surface area (Å²) in [6, 6.07) is 17.6. The molecule has 4 nitrogen and oxygen atoms in total. The first-order valence-electron chi connectivity index (χ1n) is 8.59. The van der Waals surface area contributed by atoms with Gasteiger partial charge in [0, 0.05) is 11.3 Å². The van der Waals surface area contributed by atoms with Gasteiger partial charge in [0.15, 0.2) is 11.5 Å². The molecule has 0 aliphatic carbocycles. The summed E-state index contributed by atoms with van der Waals surface area (Å²) in [5.41, 5.74) is 2.46. The number of benzene rings is 3. The van der Waals surface area contributed by atoms with Crippen molar-refractivity contribution in [3.05, 3.63) is 86.7 Å². The lowest BCUT2D eigenvalue weighted by atomic mass is 10.1. The van der Waals surface area contributed by atoms with E-state index in [1.807, 2.05) is 30.3 Å². The molecule has 0 saturated heterocycles. The van der Waals surface area contributed by atoms with Gasteiger partial charge in [0.25, 0.3) is 5.91 Å². The third kappa shape index (κ3) is 4.81. The topological polar surface area (TPSA) is 47.6 Å². The number of hydrogen-bond acceptors (Lipinski definition) is 3. The zero-order valence-electron chi connectivity index (χ0n) is 15.5. The second-order valence-electron chi connectivity index (χ2n) is 6.18. The van der Waals surface area contributed by atoms with E-state index >= 15 is 0 Å². The zero-order chi connectivity index (χ0) is 20.1. The first-order chi connectivity index (χ1) is 13.5. The number of carbonyl (C=O) groups excluding carboxylic acids is 1. The van der Waals surface area contributed by atoms with E-state index < -0.39 is 0 Å². The molecule has 0 saturated carbocycles. The summed E-state index contributed by atoms with van der Waals surface area (Å²) in [6.45, 7) is 2.05. The largest absolute Gasteiger partial charge is 0.493 e. The number of aryl methyl sites for hydroxylation is 1. The number of carbonyl (C=O) groups is 1. The SMILES string of the molecule is COc1cc(C(=O)Nc2ccc(F)c(C)c2)cc(I)c1OCc1ccccc1. The molecule has 1 amide bonds. The minimum absolute atomic E-state index is 0.308. The highest BCUT2D eigenvalue weighted by Crippen LogP contribution is 2.34. The number of hydrogen-bond donors (Lipinski definition) is 1. The Labute approximate surface area is 176 Å². The average Bonchev–Trinajstić information content (AvgIpc) is 2.70. The second kappa shape index (κ2) is 9.05. The fraction of sp³-hybridized carbons (Fsp3) is 0.136. The lowest BCUT2D eigenvalue weighted by Gasteiger charge is -2.15. The number of nitrogens with one attached hydrogen (secondary N) is 1. The van der Waals surface area contributed by atoms with Crippen LogP contribution in [0.2, 0.25) is 0 Å². The maximum absolute atomic E-state index is 13.4. The van der Waals surface area contributed by atoms with E-state index in [1.54, 1.807) is 25.1 Å². The lowest BCUT2D eigenvalue weighted by Crippen LogP contribution is -2.13. The molecule has 0 spiro atoms. The van der Waals surface area contributed by atoms with Crippen LogP contribution in [0.5, 0.6) is 11.5 Å². The average molecular weight is 491 g/mol. The van der Waals surface area contributed by atoms with Crippen LogP contribution in [0.3, 0.4) is 0 Å². The van der Waals surface area contributed by atoms with Crippen LogP contribution >= 0.6 is 22.6 Å². The molecule has 0 heterocycles. The van der Waals surface area contributed by atoms with E-state index in [0.29, 0.717) is 34.9 Å². The summed E-state index contributed by atoms with van der Waals surface area (Å²) in [5.74, 6) is 0.440. The highest BCUT2D eigenvalue weighted by molar-refractivity contribution is 14.1. The smallest absolute Gasteiger partial charge is 0.255 e. The van der Waals surface area contributed by atoms with Crippen molar-refractivity contribution >= 4 is 34.2 Å². The Morgan fingerprint density at radius 2 is 1.86 bits per heavy atom. The second-order valence-corrected chi connectivity index (χ2v) is 7.34. The van der Waals surface area contributed by atoms with Crippen LogP contribution in [0, 0.1) is 16.3 Å². The Morgan fingerprint density at radius 1 is 1.11 bits per heavy atom. The summed E-state index contributed by atoms with van der Waals surface area (Å²) in [6.07, 6.45) is 0. The van der Waals surface area contributed by atoms with Crippen molar-refractivity contribution in [2.45, 2.75) is 13.5 Å². The van der Waals surface area contributed by atoms with Gasteiger partial charge in [0.05, 0.1) is 10.7 Å². The molecule has 3 rings (SSSR count). The van der Waals surface area contributed by atoms with Crippen LogP contribution in [0.15, 0.2) is 60.7 Å². The number of methoxy groups -OCH3 is 1. The minimum Gasteiger partial charge on any atom is -0.493 e. The quantitative estimate of drug-likeness (QED) is 0.459. The van der Waals surface area contributed by atoms with Crippen molar-refractivity contribution < 1.29 is 18.7 Å². The molecule has 3 aromatic carbocycles. The van der Waals surface area contributed by atoms with Crippen molar-refractivity contribution in [2.24, 2.45) is 0 Å². The molecule has 0 aliphatic heterocycles. The Balaban J connectivity index is 1.79. The normalized spacial score (nSPS) is 10.4. The predicted octanol–water partition coefficient (Wildman–Crippen LogP) is 5.58. The third-order valence-corrected chi connectivity index (χ3v) is 4.93. The van der Waals surface area contributed by atoms with Gasteiger partial charge in [0.2, 0.25) is 0 Å². The number of rotatable bonds is 6. The molecule has 0 unspecified atom stereocenters. The summed E-state index contributed by atoms with van der Waals surface area (Å²) < 4.78 is 25.5. The lowest BCUT2D eigenvalue weighted by molar-refractivity contribution is 0.102. The Hall–Kier alpha value is -2.61. The maximum atomic E-state index is 13.4. The monoisotopic (exact) mass is 491 g/mol. The van der Waals surface area contributed by atoms with Crippen LogP contribution < -0.4 is 14.8 Å². The summed E-state index contributed by atoms with van der Waals surface area (Å²) in [4.78, 5) is 12.6. The predicted molar refractivity (Wildman–Crippen MR) is 116 cm³/mol. The van der Waals surface area contributed by atoms with Gasteiger partial charge in [-0.2, -0.15) is 0 Å². The fourth-order valence-electron chi connectivity index (χ4n) is 2.65. The standard InChI is InChI=1S/C22H19FINO3/c1-14-10-17(8-9-18(14)23)25-22(26)16-11-19(24)21(20(12-16)27-2)28-13-15-6-4-3-5-7-15/h3-12H,13H2,1-2H3,(H,25,26). The van der Waals surface area contributed by atoms with E-state index in [-0.39, 0.29) is 11.7 Å². The van der Waals surface area contributed by atoms with Crippen molar-refractivity contribution in [1.82, 2.24) is 0 Å². The van der Waals surface area contributed by atoms with Crippen molar-refractivity contribution in [3.63, 3.8) is 0 Å². The molecule has 0 fully saturated rings. The molecule has 0 aliphatic rings. The van der Waals surface area contributed by atoms with Crippen LogP contribution in [-0.2, 0) is 6.61 Å². The summed E-state index contributed by atoms with van der Waals surface area (Å²) >= 11 is 2.12. The Bertz CT molecular complexity index is 993. The molecule has 0 bridgehead atoms. The van der Waals surface area contributed by atoms with E-state index in [2.05, 4.69) is 27.9 Å². The van der Waals surface area contributed by atoms with E-state index in [9.17, 15) is 9.18 Å². The molecule has 1 N–H and O–H groups in total. The van der Waals surface area contributed by atoms with Gasteiger partial charge >= 0.3 is 0 Å². The molecular weight excluding hydrogens is 472 g/mol. The molecule has 0 aromatic heterocycles. The van der Waals surface area contributed by atoms with Gasteiger partial charge in [-0.15, -0.1) is 0 Å². The van der Waals surface area contributed by atoms with Gasteiger partial charge < -0.3 is 14.8 Å². The molecular formula is C22H19FINO3. The molecule has 144 valence electrons. The van der Waals surface area contributed by atoms with Gasteiger partial charge in [0.1, 0.15) is 12.4 Å². The first-order valence-corrected chi connectivity index (χ1v) is 9.67. The summed E-state index contributed by atoms with van der Waals surface area (Å²) in [7, 11) is 1.53. The van der Waals surface area contributed by atoms with Crippen molar-refractivity contribution in [2.75, 3.05) is 12.4 Å². The Kier molecular flexibility index (Phi) is 6.51. The highest BCUT2D eigenvalue weighted by atomic mass is 127. The highest BCUT2D eigenvalue weighted by Gasteiger charge is 2.16. The molecule has 0 atom stereocenters. The van der Waals surface area contributed by atoms with Crippen LogP contribution in [0.25, 0.3) is 0 Å². The van der Waals surface area contributed by atoms with Gasteiger partial charge in [-0.25, -0.2) is 4.39 Å². The molecule has 0 radical (unpaired) electrons. The van der Waals surface area contributed by atoms with Gasteiger partial charge in [-0.05, 0) is 71.0 Å². The number of ether oxygens (including phenoxy) is 2. The first kappa shape index (κ1) is 20.1. The summed E-state index contributed by atoms with van der Waals surface area (Å²) in [5, 5.41) is 2.78. The van der Waals surface area contributed by atoms with Crippen LogP contribution in [-0.4, -0.2) is 13.0 Å². The van der Waals surface area contributed by atoms with E-state index in [4.69, 9.17) is 9.47 Å². The van der Waals surface area contributed by atoms with E-state index in [0.717, 1.165) is 9.13 Å². The van der Waals surface area contributed by atoms with Gasteiger partial charge in [-0.1, -0.05) is 30.3 Å². The molecule has 6 heteroatoms. The van der Waals surface area contributed by atoms with E-state index in [1.165, 1.54) is 19.2 Å². The number of anilines is 1. The third-order valence-electron chi connectivity index (χ3n) is 4.13. The molecule has 28 heavy (non-hydrogen) atoms. The van der Waals surface area contributed by atoms with Gasteiger partial charge in [-0.3, -0.25) is 4.79 Å². The zero-order valence-corrected chi connectivity index (χ0v) is 17.6. The number of halogens is 2. The van der Waals surface area contributed by atoms with Crippen LogP contribution in [0.1, 0.15) is 21.5 Å². The van der Waals surface area contributed by atoms with Crippen LogP contribution in [0.4, 0.5) is 10.1 Å². The maximum Gasteiger partial charge on any atom is 0.255 e. The fourth-order valence-corrected chi connectivity index (χ4v) is 3.40. The van der Waals surface area contributed by atoms with Crippen molar-refractivity contribution in [1.29, 1.82) is 0 Å². The number of amides is 1. The van der Waals surface area contributed by atoms with Crippen molar-refractivity contribution in [3.8, 4) is 11.5 Å². The molecule has 3 aromatic rings. The Morgan fingerprint density at radius 3 is 2.54 bits per heavy atom. The minimum atomic E-state index is -0.311.